The van der Waals surface area contributed by atoms with Gasteiger partial charge in [-0.3, -0.25) is 0 Å². The maximum absolute atomic E-state index is 2.58. The maximum atomic E-state index is 2.58. The first kappa shape index (κ1) is 38.7. The molecule has 0 aromatic heterocycles. The average molecular weight is 830 g/mol. The molecule has 0 aliphatic heterocycles. The zero-order valence-electron chi connectivity index (χ0n) is 36.6. The van der Waals surface area contributed by atoms with Crippen molar-refractivity contribution < 1.29 is 0 Å². The molecule has 12 rings (SSSR count). The van der Waals surface area contributed by atoms with Gasteiger partial charge in [-0.2, -0.15) is 0 Å². The molecule has 0 saturated heterocycles. The first-order chi connectivity index (χ1) is 32.1. The van der Waals surface area contributed by atoms with Gasteiger partial charge >= 0.3 is 0 Å². The summed E-state index contributed by atoms with van der Waals surface area (Å²) in [7, 11) is 0. The molecule has 2 atom stereocenters. The Labute approximate surface area is 382 Å². The molecule has 1 nitrogen and oxygen atoms in total. The highest BCUT2D eigenvalue weighted by Crippen LogP contribution is 2.63. The van der Waals surface area contributed by atoms with E-state index in [0.29, 0.717) is 0 Å². The quantitative estimate of drug-likeness (QED) is 0.147. The van der Waals surface area contributed by atoms with Gasteiger partial charge in [0, 0.05) is 16.8 Å². The molecule has 10 aromatic carbocycles. The maximum Gasteiger partial charge on any atom is 0.0734 e. The largest absolute Gasteiger partial charge is 0.310 e. The molecule has 2 unspecified atom stereocenters. The first-order valence-electron chi connectivity index (χ1n) is 22.8. The lowest BCUT2D eigenvalue weighted by Gasteiger charge is -2.38. The van der Waals surface area contributed by atoms with Crippen LogP contribution in [0.1, 0.15) is 55.6 Å². The fourth-order valence-corrected chi connectivity index (χ4v) is 11.4. The van der Waals surface area contributed by atoms with Gasteiger partial charge in [-0.25, -0.2) is 0 Å². The molecular formula is C64H47N. The third-order valence-electron chi connectivity index (χ3n) is 14.2. The molecule has 308 valence electrons. The number of hydrogen-bond acceptors (Lipinski definition) is 1. The van der Waals surface area contributed by atoms with E-state index in [1.54, 1.807) is 0 Å². The normalized spacial score (nSPS) is 16.6. The van der Waals surface area contributed by atoms with Crippen LogP contribution in [-0.2, 0) is 10.8 Å². The summed E-state index contributed by atoms with van der Waals surface area (Å²) in [5.74, 6) is 0. The molecule has 0 saturated carbocycles. The van der Waals surface area contributed by atoms with E-state index in [1.165, 1.54) is 89.0 Å². The van der Waals surface area contributed by atoms with Crippen LogP contribution in [-0.4, -0.2) is 0 Å². The average Bonchev–Trinajstić information content (AvgIpc) is 3.85. The summed E-state index contributed by atoms with van der Waals surface area (Å²) in [4.78, 5) is 2.58. The van der Waals surface area contributed by atoms with Crippen LogP contribution in [0.25, 0.3) is 33.4 Å². The van der Waals surface area contributed by atoms with E-state index in [1.807, 2.05) is 0 Å². The lowest BCUT2D eigenvalue weighted by Crippen LogP contribution is -2.30. The van der Waals surface area contributed by atoms with Crippen molar-refractivity contribution in [1.82, 2.24) is 0 Å². The second kappa shape index (κ2) is 15.4. The Kier molecular flexibility index (Phi) is 9.14. The molecule has 0 heterocycles. The Balaban J connectivity index is 1.21. The predicted molar refractivity (Wildman–Crippen MR) is 271 cm³/mol. The SMILES string of the molecule is Cc1ccc(C2(c3ccccc3)c3ccccc3-c3c(N(c4ccc(-c5ccccc5)cc4)c4cccc5c4C(c4ccccc4)(c4ccc(C)cc4)c4ccccc4-5)cccc32)cc1. The second-order valence-electron chi connectivity index (χ2n) is 17.7. The van der Waals surface area contributed by atoms with E-state index in [9.17, 15) is 0 Å². The van der Waals surface area contributed by atoms with E-state index >= 15 is 0 Å². The zero-order chi connectivity index (χ0) is 43.5. The number of rotatable bonds is 8. The third kappa shape index (κ3) is 5.79. The Hall–Kier alpha value is -8.00. The Bertz CT molecular complexity index is 3350. The minimum atomic E-state index is -0.620. The molecular weight excluding hydrogens is 783 g/mol. The summed E-state index contributed by atoms with van der Waals surface area (Å²) < 4.78 is 0. The number of anilines is 3. The first-order valence-corrected chi connectivity index (χ1v) is 22.8. The summed E-state index contributed by atoms with van der Waals surface area (Å²) in [5, 5.41) is 0. The smallest absolute Gasteiger partial charge is 0.0734 e. The topological polar surface area (TPSA) is 3.24 Å². The zero-order valence-corrected chi connectivity index (χ0v) is 36.6. The number of aryl methyl sites for hydroxylation is 2. The van der Waals surface area contributed by atoms with Crippen LogP contribution in [0.5, 0.6) is 0 Å². The standard InChI is InChI=1S/C64H47N/c1-44-32-38-50(39-33-44)63(48-20-8-4-9-21-48)57-28-15-13-25-55(57)61-58(63)29-17-30-59(61)65(52-42-36-47(37-43-52)46-18-6-3-7-19-46)60-31-16-26-54-53-24-12-14-27-56(53)64(62(54)60,49-22-10-5-11-23-49)51-40-34-45(2)35-41-51/h3-43H,1-2H3. The summed E-state index contributed by atoms with van der Waals surface area (Å²) in [6, 6.07) is 93.0. The van der Waals surface area contributed by atoms with Gasteiger partial charge in [0.1, 0.15) is 0 Å². The van der Waals surface area contributed by atoms with E-state index in [2.05, 4.69) is 267 Å². The van der Waals surface area contributed by atoms with Crippen LogP contribution >= 0.6 is 0 Å². The van der Waals surface area contributed by atoms with Gasteiger partial charge < -0.3 is 4.90 Å². The number of hydrogen-bond donors (Lipinski definition) is 0. The van der Waals surface area contributed by atoms with Crippen molar-refractivity contribution in [2.45, 2.75) is 24.7 Å². The second-order valence-corrected chi connectivity index (χ2v) is 17.7. The van der Waals surface area contributed by atoms with Gasteiger partial charge in [0.2, 0.25) is 0 Å². The lowest BCUT2D eigenvalue weighted by atomic mass is 9.67. The third-order valence-corrected chi connectivity index (χ3v) is 14.2. The molecule has 0 bridgehead atoms. The highest BCUT2D eigenvalue weighted by Gasteiger charge is 2.50. The monoisotopic (exact) mass is 829 g/mol. The molecule has 2 aliphatic rings. The van der Waals surface area contributed by atoms with Crippen LogP contribution in [0.4, 0.5) is 17.1 Å². The van der Waals surface area contributed by atoms with Crippen molar-refractivity contribution in [1.29, 1.82) is 0 Å². The van der Waals surface area contributed by atoms with Gasteiger partial charge in [0.25, 0.3) is 0 Å². The van der Waals surface area contributed by atoms with E-state index < -0.39 is 10.8 Å². The molecule has 0 fully saturated rings. The predicted octanol–water partition coefficient (Wildman–Crippen LogP) is 16.2. The van der Waals surface area contributed by atoms with Crippen molar-refractivity contribution in [3.8, 4) is 33.4 Å². The molecule has 0 radical (unpaired) electrons. The van der Waals surface area contributed by atoms with Crippen molar-refractivity contribution in [3.63, 3.8) is 0 Å². The van der Waals surface area contributed by atoms with E-state index in [-0.39, 0.29) is 0 Å². The fourth-order valence-electron chi connectivity index (χ4n) is 11.4. The van der Waals surface area contributed by atoms with Crippen LogP contribution in [0, 0.1) is 13.8 Å². The molecule has 0 spiro atoms. The van der Waals surface area contributed by atoms with E-state index in [4.69, 9.17) is 0 Å². The Morgan fingerprint density at radius 1 is 0.292 bits per heavy atom. The van der Waals surface area contributed by atoms with Crippen molar-refractivity contribution in [3.05, 3.63) is 304 Å². The molecule has 2 aliphatic carbocycles. The van der Waals surface area contributed by atoms with Gasteiger partial charge in [0.15, 0.2) is 0 Å². The number of benzene rings is 10. The van der Waals surface area contributed by atoms with Crippen molar-refractivity contribution in [2.75, 3.05) is 4.90 Å². The van der Waals surface area contributed by atoms with Gasteiger partial charge in [-0.1, -0.05) is 236 Å². The van der Waals surface area contributed by atoms with E-state index in [0.717, 1.165) is 17.1 Å². The van der Waals surface area contributed by atoms with Crippen LogP contribution in [0.2, 0.25) is 0 Å². The lowest BCUT2D eigenvalue weighted by molar-refractivity contribution is 0.766. The highest BCUT2D eigenvalue weighted by atomic mass is 15.2. The number of fused-ring (bicyclic) bond motifs is 6. The minimum Gasteiger partial charge on any atom is -0.310 e. The fraction of sp³-hybridized carbons (Fsp3) is 0.0625. The summed E-state index contributed by atoms with van der Waals surface area (Å²) in [5.41, 5.74) is 22.2. The minimum absolute atomic E-state index is 0.551. The van der Waals surface area contributed by atoms with Crippen molar-refractivity contribution >= 4 is 17.1 Å². The van der Waals surface area contributed by atoms with Gasteiger partial charge in [-0.05, 0) is 105 Å². The molecule has 65 heavy (non-hydrogen) atoms. The molecule has 0 N–H and O–H groups in total. The number of nitrogens with zero attached hydrogens (tertiary/aromatic N) is 1. The van der Waals surface area contributed by atoms with Gasteiger partial charge in [0.05, 0.1) is 22.2 Å². The van der Waals surface area contributed by atoms with Gasteiger partial charge in [-0.15, -0.1) is 0 Å². The molecule has 10 aromatic rings. The Morgan fingerprint density at radius 2 is 0.723 bits per heavy atom. The van der Waals surface area contributed by atoms with Crippen LogP contribution in [0.15, 0.2) is 249 Å². The van der Waals surface area contributed by atoms with Crippen molar-refractivity contribution in [2.24, 2.45) is 0 Å². The summed E-state index contributed by atoms with van der Waals surface area (Å²) >= 11 is 0. The molecule has 0 amide bonds. The molecule has 1 heteroatoms. The van der Waals surface area contributed by atoms with Crippen LogP contribution in [0.3, 0.4) is 0 Å². The Morgan fingerprint density at radius 3 is 1.35 bits per heavy atom. The summed E-state index contributed by atoms with van der Waals surface area (Å²) in [6.07, 6.45) is 0. The van der Waals surface area contributed by atoms with Crippen LogP contribution < -0.4 is 4.90 Å². The summed E-state index contributed by atoms with van der Waals surface area (Å²) in [6.45, 7) is 4.36. The highest BCUT2D eigenvalue weighted by molar-refractivity contribution is 6.00.